The predicted octanol–water partition coefficient (Wildman–Crippen LogP) is 0.754. The van der Waals surface area contributed by atoms with Crippen molar-refractivity contribution >= 4 is 11.6 Å². The summed E-state index contributed by atoms with van der Waals surface area (Å²) in [5.74, 6) is -2.36. The molecule has 1 amide bonds. The average Bonchev–Trinajstić information content (AvgIpc) is 2.18. The molecule has 4 nitrogen and oxygen atoms in total. The summed E-state index contributed by atoms with van der Waals surface area (Å²) in [6.45, 7) is 1.76. The second kappa shape index (κ2) is 3.66. The summed E-state index contributed by atoms with van der Waals surface area (Å²) in [6.07, 6.45) is 0. The van der Waals surface area contributed by atoms with Crippen LogP contribution >= 0.6 is 0 Å². The quantitative estimate of drug-likeness (QED) is 0.714. The minimum absolute atomic E-state index is 0.0989. The second-order valence-electron chi connectivity index (χ2n) is 4.51. The lowest BCUT2D eigenvalue weighted by Crippen LogP contribution is -2.61. The van der Waals surface area contributed by atoms with E-state index in [1.807, 2.05) is 0 Å². The fourth-order valence-electron chi connectivity index (χ4n) is 1.86. The molecule has 1 aromatic carbocycles. The van der Waals surface area contributed by atoms with E-state index in [9.17, 15) is 18.7 Å². The van der Waals surface area contributed by atoms with E-state index < -0.39 is 34.4 Å². The maximum absolute atomic E-state index is 13.5. The van der Waals surface area contributed by atoms with E-state index in [1.54, 1.807) is 6.92 Å². The van der Waals surface area contributed by atoms with Crippen LogP contribution in [0.2, 0.25) is 0 Å². The lowest BCUT2D eigenvalue weighted by Gasteiger charge is -2.44. The molecule has 0 atom stereocenters. The van der Waals surface area contributed by atoms with E-state index >= 15 is 0 Å². The Bertz CT molecular complexity index is 481. The van der Waals surface area contributed by atoms with Gasteiger partial charge in [0.2, 0.25) is 0 Å². The number of benzene rings is 1. The maximum Gasteiger partial charge on any atom is 0.257 e. The number of rotatable bonds is 1. The molecule has 1 aromatic rings. The highest BCUT2D eigenvalue weighted by atomic mass is 19.1. The van der Waals surface area contributed by atoms with Crippen LogP contribution in [0.25, 0.3) is 0 Å². The standard InChI is InChI=1S/C11H12F2N2O2/c1-11(17)4-15(5-11)10(16)7-2-6(12)3-8(14)9(7)13/h2-3,17H,4-5,14H2,1H3. The molecule has 1 aliphatic rings. The zero-order valence-corrected chi connectivity index (χ0v) is 9.20. The van der Waals surface area contributed by atoms with Gasteiger partial charge in [-0.15, -0.1) is 0 Å². The number of carbonyl (C=O) groups is 1. The molecule has 1 aliphatic heterocycles. The minimum atomic E-state index is -0.953. The van der Waals surface area contributed by atoms with Crippen molar-refractivity contribution in [3.63, 3.8) is 0 Å². The number of nitrogens with two attached hydrogens (primary N) is 1. The molecule has 0 spiro atoms. The molecule has 0 radical (unpaired) electrons. The molecular formula is C11H12F2N2O2. The van der Waals surface area contributed by atoms with Crippen molar-refractivity contribution in [3.05, 3.63) is 29.3 Å². The molecule has 1 fully saturated rings. The van der Waals surface area contributed by atoms with Crippen molar-refractivity contribution in [2.75, 3.05) is 18.8 Å². The Balaban J connectivity index is 2.26. The number of β-amino-alcohol motifs (C(OH)–C–C–N with tert-alkyl or cyclic N) is 1. The van der Waals surface area contributed by atoms with Gasteiger partial charge in [0.05, 0.1) is 29.9 Å². The van der Waals surface area contributed by atoms with Crippen LogP contribution in [0.1, 0.15) is 17.3 Å². The molecule has 0 saturated carbocycles. The number of amides is 1. The fraction of sp³-hybridized carbons (Fsp3) is 0.364. The monoisotopic (exact) mass is 242 g/mol. The van der Waals surface area contributed by atoms with Crippen LogP contribution in [0.4, 0.5) is 14.5 Å². The largest absolute Gasteiger partial charge is 0.396 e. The first kappa shape index (κ1) is 11.8. The van der Waals surface area contributed by atoms with Gasteiger partial charge < -0.3 is 15.7 Å². The summed E-state index contributed by atoms with van der Waals surface area (Å²) in [5, 5.41) is 9.47. The summed E-state index contributed by atoms with van der Waals surface area (Å²) in [6, 6.07) is 1.62. The van der Waals surface area contributed by atoms with Gasteiger partial charge in [-0.05, 0) is 19.1 Å². The first-order valence-corrected chi connectivity index (χ1v) is 5.06. The van der Waals surface area contributed by atoms with E-state index in [-0.39, 0.29) is 13.1 Å². The van der Waals surface area contributed by atoms with Gasteiger partial charge in [-0.1, -0.05) is 0 Å². The second-order valence-corrected chi connectivity index (χ2v) is 4.51. The van der Waals surface area contributed by atoms with Crippen LogP contribution in [-0.2, 0) is 0 Å². The van der Waals surface area contributed by atoms with E-state index in [2.05, 4.69) is 0 Å². The molecule has 17 heavy (non-hydrogen) atoms. The number of hydrogen-bond donors (Lipinski definition) is 2. The van der Waals surface area contributed by atoms with Gasteiger partial charge in [0.25, 0.3) is 5.91 Å². The topological polar surface area (TPSA) is 66.6 Å². The number of anilines is 1. The Kier molecular flexibility index (Phi) is 2.54. The van der Waals surface area contributed by atoms with E-state index in [0.29, 0.717) is 0 Å². The van der Waals surface area contributed by atoms with Gasteiger partial charge >= 0.3 is 0 Å². The molecule has 0 aromatic heterocycles. The molecule has 1 saturated heterocycles. The van der Waals surface area contributed by atoms with Crippen molar-refractivity contribution in [1.29, 1.82) is 0 Å². The maximum atomic E-state index is 13.5. The van der Waals surface area contributed by atoms with Crippen LogP contribution in [0.15, 0.2) is 12.1 Å². The Morgan fingerprint density at radius 3 is 2.59 bits per heavy atom. The highest BCUT2D eigenvalue weighted by Gasteiger charge is 2.40. The number of likely N-dealkylation sites (tertiary alicyclic amines) is 1. The normalized spacial score (nSPS) is 17.8. The van der Waals surface area contributed by atoms with Crippen LogP contribution in [0.3, 0.4) is 0 Å². The SMILES string of the molecule is CC1(O)CN(C(=O)c2cc(F)cc(N)c2F)C1. The zero-order chi connectivity index (χ0) is 12.8. The molecule has 3 N–H and O–H groups in total. The summed E-state index contributed by atoms with van der Waals surface area (Å²) < 4.78 is 26.6. The van der Waals surface area contributed by atoms with Crippen molar-refractivity contribution in [3.8, 4) is 0 Å². The smallest absolute Gasteiger partial charge is 0.257 e. The van der Waals surface area contributed by atoms with E-state index in [4.69, 9.17) is 5.73 Å². The average molecular weight is 242 g/mol. The lowest BCUT2D eigenvalue weighted by atomic mass is 9.95. The Morgan fingerprint density at radius 1 is 1.47 bits per heavy atom. The van der Waals surface area contributed by atoms with Gasteiger partial charge in [0, 0.05) is 0 Å². The number of nitrogens with zero attached hydrogens (tertiary/aromatic N) is 1. The number of hydrogen-bond acceptors (Lipinski definition) is 3. The van der Waals surface area contributed by atoms with Gasteiger partial charge in [-0.25, -0.2) is 8.78 Å². The third kappa shape index (κ3) is 2.08. The third-order valence-electron chi connectivity index (χ3n) is 2.65. The van der Waals surface area contributed by atoms with E-state index in [1.165, 1.54) is 4.90 Å². The molecule has 0 unspecified atom stereocenters. The number of halogens is 2. The first-order valence-electron chi connectivity index (χ1n) is 5.06. The Morgan fingerprint density at radius 2 is 2.06 bits per heavy atom. The Labute approximate surface area is 96.6 Å². The van der Waals surface area contributed by atoms with Crippen LogP contribution in [-0.4, -0.2) is 34.6 Å². The van der Waals surface area contributed by atoms with Crippen LogP contribution < -0.4 is 5.73 Å². The molecule has 0 aliphatic carbocycles. The van der Waals surface area contributed by atoms with Gasteiger partial charge in [-0.2, -0.15) is 0 Å². The minimum Gasteiger partial charge on any atom is -0.396 e. The molecule has 92 valence electrons. The highest BCUT2D eigenvalue weighted by molar-refractivity contribution is 5.96. The predicted molar refractivity (Wildman–Crippen MR) is 57.3 cm³/mol. The summed E-state index contributed by atoms with van der Waals surface area (Å²) in [4.78, 5) is 13.0. The third-order valence-corrected chi connectivity index (χ3v) is 2.65. The van der Waals surface area contributed by atoms with Crippen LogP contribution in [0.5, 0.6) is 0 Å². The highest BCUT2D eigenvalue weighted by Crippen LogP contribution is 2.25. The van der Waals surface area contributed by atoms with Crippen molar-refractivity contribution in [2.45, 2.75) is 12.5 Å². The zero-order valence-electron chi connectivity index (χ0n) is 9.20. The number of nitrogen functional groups attached to an aromatic ring is 1. The molecule has 0 bridgehead atoms. The summed E-state index contributed by atoms with van der Waals surface area (Å²) in [7, 11) is 0. The molecular weight excluding hydrogens is 230 g/mol. The first-order chi connectivity index (χ1) is 7.80. The fourth-order valence-corrected chi connectivity index (χ4v) is 1.86. The molecule has 2 rings (SSSR count). The van der Waals surface area contributed by atoms with Crippen molar-refractivity contribution < 1.29 is 18.7 Å². The molecule has 6 heteroatoms. The number of aliphatic hydroxyl groups is 1. The number of carbonyl (C=O) groups excluding carboxylic acids is 1. The van der Waals surface area contributed by atoms with Crippen molar-refractivity contribution in [1.82, 2.24) is 4.90 Å². The van der Waals surface area contributed by atoms with Crippen molar-refractivity contribution in [2.24, 2.45) is 0 Å². The summed E-state index contributed by atoms with van der Waals surface area (Å²) in [5.41, 5.74) is 3.48. The van der Waals surface area contributed by atoms with E-state index in [0.717, 1.165) is 12.1 Å². The van der Waals surface area contributed by atoms with Gasteiger partial charge in [-0.3, -0.25) is 4.79 Å². The lowest BCUT2D eigenvalue weighted by molar-refractivity contribution is -0.0670. The Hall–Kier alpha value is -1.69. The summed E-state index contributed by atoms with van der Waals surface area (Å²) >= 11 is 0. The molecule has 1 heterocycles. The van der Waals surface area contributed by atoms with Gasteiger partial charge in [0.1, 0.15) is 5.82 Å². The van der Waals surface area contributed by atoms with Gasteiger partial charge in [0.15, 0.2) is 5.82 Å². The van der Waals surface area contributed by atoms with Crippen LogP contribution in [0, 0.1) is 11.6 Å².